The van der Waals surface area contributed by atoms with Crippen molar-refractivity contribution >= 4 is 29.3 Å². The van der Waals surface area contributed by atoms with Crippen molar-refractivity contribution in [2.45, 2.75) is 29.5 Å². The zero-order valence-corrected chi connectivity index (χ0v) is 17.9. The molecule has 2 atom stereocenters. The number of carbonyl (C=O) groups excluding carboxylic acids is 2. The fraction of sp³-hybridized carbons (Fsp3) is 0.160. The third-order valence-electron chi connectivity index (χ3n) is 5.16. The van der Waals surface area contributed by atoms with Crippen LogP contribution in [0.25, 0.3) is 0 Å². The quantitative estimate of drug-likeness (QED) is 0.470. The van der Waals surface area contributed by atoms with E-state index in [0.717, 1.165) is 21.7 Å². The van der Waals surface area contributed by atoms with Gasteiger partial charge in [0, 0.05) is 22.1 Å². The molecule has 5 nitrogen and oxygen atoms in total. The molecule has 0 aromatic heterocycles. The number of fused-ring (bicyclic) bond motifs is 1. The van der Waals surface area contributed by atoms with E-state index in [1.807, 2.05) is 73.7 Å². The van der Waals surface area contributed by atoms with Gasteiger partial charge in [-0.05, 0) is 24.1 Å². The Morgan fingerprint density at radius 1 is 0.903 bits per heavy atom. The molecule has 0 radical (unpaired) electrons. The third-order valence-corrected chi connectivity index (χ3v) is 6.50. The van der Waals surface area contributed by atoms with Crippen molar-refractivity contribution in [1.82, 2.24) is 10.7 Å². The summed E-state index contributed by atoms with van der Waals surface area (Å²) in [6.45, 7) is 1.84. The highest BCUT2D eigenvalue weighted by molar-refractivity contribution is 7.99. The molecule has 0 saturated carbocycles. The first-order chi connectivity index (χ1) is 15.1. The molecule has 1 aliphatic rings. The second kappa shape index (κ2) is 9.62. The molecule has 2 N–H and O–H groups in total. The minimum absolute atomic E-state index is 0.193. The highest BCUT2D eigenvalue weighted by Crippen LogP contribution is 2.44. The maximum atomic E-state index is 12.4. The molecule has 0 bridgehead atoms. The number of hydrogen-bond donors (Lipinski definition) is 2. The van der Waals surface area contributed by atoms with Gasteiger partial charge < -0.3 is 5.32 Å². The van der Waals surface area contributed by atoms with Gasteiger partial charge in [0.25, 0.3) is 0 Å². The van der Waals surface area contributed by atoms with E-state index in [1.165, 1.54) is 5.56 Å². The SMILES string of the molecule is CC(NC(=O)C(=O)N/N=C1/CC(c2ccccc2)Sc2ccccc21)c1ccccc1. The number of benzene rings is 3. The summed E-state index contributed by atoms with van der Waals surface area (Å²) in [6, 6.07) is 27.5. The van der Waals surface area contributed by atoms with Crippen molar-refractivity contribution in [1.29, 1.82) is 0 Å². The van der Waals surface area contributed by atoms with Crippen LogP contribution >= 0.6 is 11.8 Å². The van der Waals surface area contributed by atoms with Gasteiger partial charge in [0.15, 0.2) is 0 Å². The first kappa shape index (κ1) is 20.9. The molecule has 2 unspecified atom stereocenters. The summed E-state index contributed by atoms with van der Waals surface area (Å²) < 4.78 is 0. The van der Waals surface area contributed by atoms with Crippen molar-refractivity contribution in [3.05, 3.63) is 102 Å². The molecule has 3 aromatic rings. The van der Waals surface area contributed by atoms with Crippen LogP contribution in [0.1, 0.15) is 41.3 Å². The fourth-order valence-corrected chi connectivity index (χ4v) is 4.81. The molecule has 3 aromatic carbocycles. The lowest BCUT2D eigenvalue weighted by molar-refractivity contribution is -0.139. The van der Waals surface area contributed by atoms with E-state index in [2.05, 4.69) is 34.0 Å². The van der Waals surface area contributed by atoms with E-state index in [4.69, 9.17) is 0 Å². The second-order valence-corrected chi connectivity index (χ2v) is 8.57. The second-order valence-electron chi connectivity index (χ2n) is 7.32. The van der Waals surface area contributed by atoms with Crippen LogP contribution in [0.2, 0.25) is 0 Å². The topological polar surface area (TPSA) is 70.6 Å². The number of hydrazone groups is 1. The molecule has 1 heterocycles. The average Bonchev–Trinajstić information content (AvgIpc) is 2.83. The van der Waals surface area contributed by atoms with Crippen LogP contribution < -0.4 is 10.7 Å². The molecule has 31 heavy (non-hydrogen) atoms. The predicted octanol–water partition coefficient (Wildman–Crippen LogP) is 4.62. The van der Waals surface area contributed by atoms with Crippen molar-refractivity contribution < 1.29 is 9.59 Å². The number of rotatable bonds is 4. The summed E-state index contributed by atoms with van der Waals surface area (Å²) in [4.78, 5) is 25.8. The highest BCUT2D eigenvalue weighted by Gasteiger charge is 2.26. The van der Waals surface area contributed by atoms with Crippen LogP contribution in [-0.2, 0) is 9.59 Å². The summed E-state index contributed by atoms with van der Waals surface area (Å²) in [5.74, 6) is -1.49. The molecule has 1 aliphatic heterocycles. The maximum Gasteiger partial charge on any atom is 0.329 e. The van der Waals surface area contributed by atoms with Gasteiger partial charge in [0.2, 0.25) is 0 Å². The average molecular weight is 430 g/mol. The Labute approximate surface area is 186 Å². The summed E-state index contributed by atoms with van der Waals surface area (Å²) in [5, 5.41) is 7.25. The van der Waals surface area contributed by atoms with E-state index in [-0.39, 0.29) is 11.3 Å². The van der Waals surface area contributed by atoms with Crippen molar-refractivity contribution in [2.75, 3.05) is 0 Å². The van der Waals surface area contributed by atoms with E-state index in [1.54, 1.807) is 11.8 Å². The number of thioether (sulfide) groups is 1. The van der Waals surface area contributed by atoms with E-state index in [0.29, 0.717) is 6.42 Å². The first-order valence-electron chi connectivity index (χ1n) is 10.1. The zero-order chi connectivity index (χ0) is 21.6. The van der Waals surface area contributed by atoms with E-state index in [9.17, 15) is 9.59 Å². The monoisotopic (exact) mass is 429 g/mol. The van der Waals surface area contributed by atoms with Gasteiger partial charge in [-0.1, -0.05) is 78.9 Å². The van der Waals surface area contributed by atoms with Crippen molar-refractivity contribution in [3.8, 4) is 0 Å². The summed E-state index contributed by atoms with van der Waals surface area (Å²) in [7, 11) is 0. The lowest BCUT2D eigenvalue weighted by Gasteiger charge is -2.25. The molecule has 0 spiro atoms. The molecule has 0 fully saturated rings. The van der Waals surface area contributed by atoms with Crippen LogP contribution in [0, 0.1) is 0 Å². The van der Waals surface area contributed by atoms with Gasteiger partial charge in [-0.3, -0.25) is 9.59 Å². The molecular formula is C25H23N3O2S. The number of nitrogens with zero attached hydrogens (tertiary/aromatic N) is 1. The number of hydrogen-bond acceptors (Lipinski definition) is 4. The normalized spacial score (nSPS) is 17.5. The Kier molecular flexibility index (Phi) is 6.48. The molecule has 0 saturated heterocycles. The first-order valence-corrected chi connectivity index (χ1v) is 11.0. The summed E-state index contributed by atoms with van der Waals surface area (Å²) in [5.41, 5.74) is 6.33. The number of amides is 2. The standard InChI is InChI=1S/C25H23N3O2S/c1-17(18-10-4-2-5-11-18)26-24(29)25(30)28-27-21-16-23(19-12-6-3-7-13-19)31-22-15-9-8-14-20(21)22/h2-15,17,23H,16H2,1H3,(H,26,29)(H,28,30)/b27-21-. The van der Waals surface area contributed by atoms with Crippen molar-refractivity contribution in [2.24, 2.45) is 5.10 Å². The van der Waals surface area contributed by atoms with Crippen LogP contribution in [0.3, 0.4) is 0 Å². The Balaban J connectivity index is 1.48. The van der Waals surface area contributed by atoms with Gasteiger partial charge in [-0.15, -0.1) is 11.8 Å². The van der Waals surface area contributed by atoms with Crippen LogP contribution in [0.4, 0.5) is 0 Å². The lowest BCUT2D eigenvalue weighted by atomic mass is 10.0. The third kappa shape index (κ3) is 5.03. The van der Waals surface area contributed by atoms with E-state index < -0.39 is 11.8 Å². The molecule has 0 aliphatic carbocycles. The minimum Gasteiger partial charge on any atom is -0.341 e. The minimum atomic E-state index is -0.776. The summed E-state index contributed by atoms with van der Waals surface area (Å²) >= 11 is 1.79. The van der Waals surface area contributed by atoms with E-state index >= 15 is 0 Å². The number of nitrogens with one attached hydrogen (secondary N) is 2. The molecule has 156 valence electrons. The Morgan fingerprint density at radius 2 is 1.55 bits per heavy atom. The Bertz CT molecular complexity index is 1100. The Hall–Kier alpha value is -3.38. The largest absolute Gasteiger partial charge is 0.341 e. The van der Waals surface area contributed by atoms with Gasteiger partial charge in [-0.2, -0.15) is 5.10 Å². The van der Waals surface area contributed by atoms with Crippen molar-refractivity contribution in [3.63, 3.8) is 0 Å². The van der Waals surface area contributed by atoms with Crippen LogP contribution in [-0.4, -0.2) is 17.5 Å². The Morgan fingerprint density at radius 3 is 2.29 bits per heavy atom. The van der Waals surface area contributed by atoms with Gasteiger partial charge in [0.1, 0.15) is 0 Å². The van der Waals surface area contributed by atoms with Crippen LogP contribution in [0.15, 0.2) is 94.9 Å². The smallest absolute Gasteiger partial charge is 0.329 e. The fourth-order valence-electron chi connectivity index (χ4n) is 3.50. The summed E-state index contributed by atoms with van der Waals surface area (Å²) in [6.07, 6.45) is 0.661. The zero-order valence-electron chi connectivity index (χ0n) is 17.1. The van der Waals surface area contributed by atoms with Gasteiger partial charge in [-0.25, -0.2) is 5.43 Å². The number of carbonyl (C=O) groups is 2. The predicted molar refractivity (Wildman–Crippen MR) is 124 cm³/mol. The maximum absolute atomic E-state index is 12.4. The van der Waals surface area contributed by atoms with Gasteiger partial charge >= 0.3 is 11.8 Å². The van der Waals surface area contributed by atoms with Crippen LogP contribution in [0.5, 0.6) is 0 Å². The molecule has 4 rings (SSSR count). The molecule has 2 amide bonds. The van der Waals surface area contributed by atoms with Gasteiger partial charge in [0.05, 0.1) is 11.8 Å². The highest BCUT2D eigenvalue weighted by atomic mass is 32.2. The molecular weight excluding hydrogens is 406 g/mol. The lowest BCUT2D eigenvalue weighted by Crippen LogP contribution is -2.39. The molecule has 6 heteroatoms.